The van der Waals surface area contributed by atoms with Crippen molar-refractivity contribution in [2.45, 2.75) is 37.4 Å². The van der Waals surface area contributed by atoms with Gasteiger partial charge in [0.1, 0.15) is 24.0 Å². The van der Waals surface area contributed by atoms with E-state index in [1.807, 2.05) is 0 Å². The molecule has 1 fully saturated rings. The number of rotatable bonds is 4. The van der Waals surface area contributed by atoms with Gasteiger partial charge in [0.25, 0.3) is 12.9 Å². The van der Waals surface area contributed by atoms with E-state index in [1.54, 1.807) is 0 Å². The molecule has 3 rings (SSSR count). The van der Waals surface area contributed by atoms with E-state index in [2.05, 4.69) is 10.1 Å². The van der Waals surface area contributed by atoms with Crippen molar-refractivity contribution >= 4 is 11.0 Å². The Hall–Kier alpha value is -1.82. The number of aliphatic hydroxyl groups is 3. The topological polar surface area (TPSA) is 101 Å². The molecule has 3 N–H and O–H groups in total. The normalized spacial score (nSPS) is 27.7. The van der Waals surface area contributed by atoms with Crippen molar-refractivity contribution in [3.63, 3.8) is 0 Å². The maximum absolute atomic E-state index is 13.1. The molecular formula is C13H13F4N3O4. The number of ether oxygens (including phenoxy) is 1. The molecule has 2 aromatic heterocycles. The molecule has 1 aliphatic heterocycles. The summed E-state index contributed by atoms with van der Waals surface area (Å²) >= 11 is 0. The Balaban J connectivity index is 2.13. The largest absolute Gasteiger partial charge is 0.394 e. The molecular weight excluding hydrogens is 338 g/mol. The lowest BCUT2D eigenvalue weighted by molar-refractivity contribution is -0.0566. The van der Waals surface area contributed by atoms with E-state index in [-0.39, 0.29) is 11.0 Å². The van der Waals surface area contributed by atoms with Gasteiger partial charge in [0.05, 0.1) is 12.8 Å². The SMILES string of the molecule is OCC1OC(n2ncc3c(C(F)F)cc(C(F)F)nc32)C(O)C1O. The van der Waals surface area contributed by atoms with Gasteiger partial charge in [-0.1, -0.05) is 0 Å². The van der Waals surface area contributed by atoms with E-state index in [0.29, 0.717) is 6.07 Å². The summed E-state index contributed by atoms with van der Waals surface area (Å²) in [6, 6.07) is 0.598. The van der Waals surface area contributed by atoms with Crippen molar-refractivity contribution < 1.29 is 37.6 Å². The van der Waals surface area contributed by atoms with Crippen molar-refractivity contribution in [1.29, 1.82) is 0 Å². The summed E-state index contributed by atoms with van der Waals surface area (Å²) in [5.74, 6) is 0. The second-order valence-electron chi connectivity index (χ2n) is 5.29. The van der Waals surface area contributed by atoms with Gasteiger partial charge in [-0.25, -0.2) is 27.2 Å². The number of alkyl halides is 4. The fourth-order valence-corrected chi connectivity index (χ4v) is 2.62. The highest BCUT2D eigenvalue weighted by Crippen LogP contribution is 2.35. The van der Waals surface area contributed by atoms with Crippen LogP contribution in [0.25, 0.3) is 11.0 Å². The third kappa shape index (κ3) is 2.62. The molecule has 132 valence electrons. The average Bonchev–Trinajstić information content (AvgIpc) is 3.08. The highest BCUT2D eigenvalue weighted by molar-refractivity contribution is 5.79. The first-order chi connectivity index (χ1) is 11.3. The highest BCUT2D eigenvalue weighted by atomic mass is 19.3. The quantitative estimate of drug-likeness (QED) is 0.708. The number of aliphatic hydroxyl groups excluding tert-OH is 3. The summed E-state index contributed by atoms with van der Waals surface area (Å²) in [7, 11) is 0. The number of hydrogen-bond acceptors (Lipinski definition) is 6. The first-order valence-electron chi connectivity index (χ1n) is 6.92. The smallest absolute Gasteiger partial charge is 0.280 e. The summed E-state index contributed by atoms with van der Waals surface area (Å²) in [5.41, 5.74) is -1.88. The molecule has 2 aromatic rings. The molecule has 0 bridgehead atoms. The van der Waals surface area contributed by atoms with Gasteiger partial charge in [-0.15, -0.1) is 0 Å². The molecule has 3 heterocycles. The molecule has 11 heteroatoms. The van der Waals surface area contributed by atoms with Gasteiger partial charge in [0.2, 0.25) is 0 Å². The van der Waals surface area contributed by atoms with Crippen molar-refractivity contribution in [1.82, 2.24) is 14.8 Å². The maximum atomic E-state index is 13.1. The van der Waals surface area contributed by atoms with Crippen molar-refractivity contribution in [3.8, 4) is 0 Å². The summed E-state index contributed by atoms with van der Waals surface area (Å²) in [4.78, 5) is 3.61. The predicted molar refractivity (Wildman–Crippen MR) is 70.5 cm³/mol. The van der Waals surface area contributed by atoms with Crippen LogP contribution < -0.4 is 0 Å². The lowest BCUT2D eigenvalue weighted by Crippen LogP contribution is -2.33. The van der Waals surface area contributed by atoms with Gasteiger partial charge in [-0.2, -0.15) is 5.10 Å². The number of halogens is 4. The zero-order valence-corrected chi connectivity index (χ0v) is 11.9. The average molecular weight is 351 g/mol. The number of hydrogen-bond donors (Lipinski definition) is 3. The molecule has 4 atom stereocenters. The van der Waals surface area contributed by atoms with Crippen LogP contribution in [0.5, 0.6) is 0 Å². The minimum absolute atomic E-state index is 0.174. The van der Waals surface area contributed by atoms with Crippen LogP contribution >= 0.6 is 0 Å². The summed E-state index contributed by atoms with van der Waals surface area (Å²) in [6.45, 7) is -0.605. The fraction of sp³-hybridized carbons (Fsp3) is 0.538. The minimum Gasteiger partial charge on any atom is -0.394 e. The van der Waals surface area contributed by atoms with Crippen LogP contribution in [0.1, 0.15) is 30.3 Å². The first kappa shape index (κ1) is 17.0. The third-order valence-corrected chi connectivity index (χ3v) is 3.84. The molecule has 7 nitrogen and oxygen atoms in total. The zero-order valence-electron chi connectivity index (χ0n) is 11.9. The van der Waals surface area contributed by atoms with Gasteiger partial charge in [0, 0.05) is 10.9 Å². The monoisotopic (exact) mass is 351 g/mol. The Kier molecular flexibility index (Phi) is 4.42. The van der Waals surface area contributed by atoms with E-state index >= 15 is 0 Å². The summed E-state index contributed by atoms with van der Waals surface area (Å²) in [6.07, 6.45) is -10.6. The second-order valence-corrected chi connectivity index (χ2v) is 5.29. The van der Waals surface area contributed by atoms with Gasteiger partial charge >= 0.3 is 0 Å². The molecule has 4 unspecified atom stereocenters. The van der Waals surface area contributed by atoms with Gasteiger partial charge in [-0.05, 0) is 6.07 Å². The molecule has 0 spiro atoms. The van der Waals surface area contributed by atoms with Crippen LogP contribution in [0.3, 0.4) is 0 Å². The molecule has 0 aromatic carbocycles. The van der Waals surface area contributed by atoms with Gasteiger partial charge in [0.15, 0.2) is 11.9 Å². The lowest BCUT2D eigenvalue weighted by Gasteiger charge is -2.16. The molecule has 0 aliphatic carbocycles. The van der Waals surface area contributed by atoms with E-state index in [4.69, 9.17) is 9.84 Å². The van der Waals surface area contributed by atoms with Gasteiger partial charge in [-0.3, -0.25) is 0 Å². The molecule has 1 aliphatic rings. The Labute approximate surface area is 132 Å². The summed E-state index contributed by atoms with van der Waals surface area (Å²) < 4.78 is 58.1. The van der Waals surface area contributed by atoms with Crippen LogP contribution in [0.15, 0.2) is 12.3 Å². The minimum atomic E-state index is -3.08. The predicted octanol–water partition coefficient (Wildman–Crippen LogP) is 0.918. The standard InChI is InChI=1S/C13H13F4N3O4/c14-10(15)4-1-6(11(16)17)19-12-5(4)2-18-20(12)13-9(23)8(22)7(3-21)24-13/h1-2,7-11,13,21-23H,3H2. The third-order valence-electron chi connectivity index (χ3n) is 3.84. The van der Waals surface area contributed by atoms with Crippen LogP contribution in [-0.4, -0.2) is 55.0 Å². The highest BCUT2D eigenvalue weighted by Gasteiger charge is 2.44. The van der Waals surface area contributed by atoms with E-state index < -0.39 is 55.3 Å². The maximum Gasteiger partial charge on any atom is 0.280 e. The first-order valence-corrected chi connectivity index (χ1v) is 6.92. The Morgan fingerprint density at radius 3 is 2.42 bits per heavy atom. The lowest BCUT2D eigenvalue weighted by atomic mass is 10.1. The number of pyridine rings is 1. The number of nitrogens with zero attached hydrogens (tertiary/aromatic N) is 3. The molecule has 0 saturated carbocycles. The van der Waals surface area contributed by atoms with Crippen molar-refractivity contribution in [3.05, 3.63) is 23.5 Å². The molecule has 0 radical (unpaired) electrons. The Morgan fingerprint density at radius 2 is 1.88 bits per heavy atom. The Bertz CT molecular complexity index is 741. The van der Waals surface area contributed by atoms with Crippen molar-refractivity contribution in [2.75, 3.05) is 6.61 Å². The van der Waals surface area contributed by atoms with Crippen LogP contribution in [0.4, 0.5) is 17.6 Å². The number of fused-ring (bicyclic) bond motifs is 1. The van der Waals surface area contributed by atoms with Gasteiger partial charge < -0.3 is 20.1 Å². The van der Waals surface area contributed by atoms with Crippen LogP contribution in [0.2, 0.25) is 0 Å². The van der Waals surface area contributed by atoms with E-state index in [0.717, 1.165) is 10.9 Å². The summed E-state index contributed by atoms with van der Waals surface area (Å²) in [5, 5.41) is 32.4. The molecule has 1 saturated heterocycles. The Morgan fingerprint density at radius 1 is 1.17 bits per heavy atom. The zero-order chi connectivity index (χ0) is 17.6. The van der Waals surface area contributed by atoms with E-state index in [1.165, 1.54) is 0 Å². The number of aromatic nitrogens is 3. The van der Waals surface area contributed by atoms with E-state index in [9.17, 15) is 27.8 Å². The molecule has 24 heavy (non-hydrogen) atoms. The molecule has 0 amide bonds. The van der Waals surface area contributed by atoms with Crippen LogP contribution in [-0.2, 0) is 4.74 Å². The second kappa shape index (κ2) is 6.24. The van der Waals surface area contributed by atoms with Crippen LogP contribution in [0, 0.1) is 0 Å². The fourth-order valence-electron chi connectivity index (χ4n) is 2.62. The van der Waals surface area contributed by atoms with Crippen molar-refractivity contribution in [2.24, 2.45) is 0 Å².